The molecule has 0 heterocycles. The summed E-state index contributed by atoms with van der Waals surface area (Å²) in [6.45, 7) is 11.0. The van der Waals surface area contributed by atoms with Crippen molar-refractivity contribution in [1.29, 1.82) is 0 Å². The van der Waals surface area contributed by atoms with Crippen LogP contribution in [0.5, 0.6) is 0 Å². The quantitative estimate of drug-likeness (QED) is 0.700. The lowest BCUT2D eigenvalue weighted by Gasteiger charge is -2.25. The lowest BCUT2D eigenvalue weighted by Crippen LogP contribution is -2.45. The van der Waals surface area contributed by atoms with Gasteiger partial charge in [0.25, 0.3) is 5.91 Å². The normalized spacial score (nSPS) is 18.3. The predicted molar refractivity (Wildman–Crippen MR) is 93.4 cm³/mol. The minimum atomic E-state index is -1.57. The molecule has 134 valence electrons. The number of rotatable bonds is 7. The maximum absolute atomic E-state index is 12.4. The third-order valence-electron chi connectivity index (χ3n) is 4.67. The molecule has 0 spiro atoms. The Bertz CT molecular complexity index is 609. The van der Waals surface area contributed by atoms with Gasteiger partial charge >= 0.3 is 0 Å². The molecule has 0 aromatic carbocycles. The molecule has 1 atom stereocenters. The first kappa shape index (κ1) is 20.3. The zero-order valence-electron chi connectivity index (χ0n) is 15.6. The highest BCUT2D eigenvalue weighted by molar-refractivity contribution is 6.24. The number of ketones is 2. The first-order valence-electron chi connectivity index (χ1n) is 8.46. The minimum absolute atomic E-state index is 0.0958. The Morgan fingerprint density at radius 2 is 1.62 bits per heavy atom. The summed E-state index contributed by atoms with van der Waals surface area (Å²) < 4.78 is 0. The molecule has 0 aliphatic heterocycles. The summed E-state index contributed by atoms with van der Waals surface area (Å²) in [7, 11) is 0. The highest BCUT2D eigenvalue weighted by atomic mass is 16.3. The number of amides is 1. The van der Waals surface area contributed by atoms with Crippen molar-refractivity contribution in [2.45, 2.75) is 66.4 Å². The number of Topliss-reactive ketones (excluding diaryl/α,β-unsaturated/α-hetero) is 2. The van der Waals surface area contributed by atoms with Crippen molar-refractivity contribution in [3.05, 3.63) is 22.3 Å². The molecular formula is C19H29NO4. The lowest BCUT2D eigenvalue weighted by molar-refractivity contribution is -0.138. The average Bonchev–Trinajstić information content (AvgIpc) is 2.50. The van der Waals surface area contributed by atoms with Crippen LogP contribution in [0, 0.1) is 5.92 Å². The zero-order valence-corrected chi connectivity index (χ0v) is 15.6. The van der Waals surface area contributed by atoms with E-state index in [0.717, 1.165) is 6.42 Å². The van der Waals surface area contributed by atoms with Gasteiger partial charge in [0.1, 0.15) is 5.60 Å². The van der Waals surface area contributed by atoms with Crippen LogP contribution in [-0.2, 0) is 14.4 Å². The summed E-state index contributed by atoms with van der Waals surface area (Å²) in [6.07, 6.45) is 1.13. The molecule has 0 radical (unpaired) electrons. The average molecular weight is 335 g/mol. The molecule has 0 saturated carbocycles. The largest absolute Gasteiger partial charge is 0.380 e. The lowest BCUT2D eigenvalue weighted by atomic mass is 9.82. The SMILES string of the molecule is CC1=C(C)C(=O)C(CCC(C)(O)C(=O)NCCC(C)C)=C(C)C1=O. The second kappa shape index (κ2) is 7.88. The number of allylic oxidation sites excluding steroid dienone is 4. The van der Waals surface area contributed by atoms with Gasteiger partial charge in [-0.3, -0.25) is 14.4 Å². The van der Waals surface area contributed by atoms with E-state index in [0.29, 0.717) is 34.8 Å². The maximum atomic E-state index is 12.4. The fourth-order valence-electron chi connectivity index (χ4n) is 2.60. The summed E-state index contributed by atoms with van der Waals surface area (Å²) >= 11 is 0. The molecule has 1 rings (SSSR count). The summed E-state index contributed by atoms with van der Waals surface area (Å²) in [5.41, 5.74) is 0.163. The van der Waals surface area contributed by atoms with Crippen molar-refractivity contribution in [3.63, 3.8) is 0 Å². The van der Waals surface area contributed by atoms with Crippen LogP contribution < -0.4 is 5.32 Å². The molecule has 0 fully saturated rings. The van der Waals surface area contributed by atoms with Gasteiger partial charge in [-0.1, -0.05) is 13.8 Å². The summed E-state index contributed by atoms with van der Waals surface area (Å²) in [6, 6.07) is 0. The Morgan fingerprint density at radius 1 is 1.08 bits per heavy atom. The van der Waals surface area contributed by atoms with E-state index >= 15 is 0 Å². The summed E-state index contributed by atoms with van der Waals surface area (Å²) in [5, 5.41) is 13.1. The fourth-order valence-corrected chi connectivity index (χ4v) is 2.60. The van der Waals surface area contributed by atoms with E-state index in [-0.39, 0.29) is 24.4 Å². The van der Waals surface area contributed by atoms with Gasteiger partial charge < -0.3 is 10.4 Å². The van der Waals surface area contributed by atoms with E-state index in [4.69, 9.17) is 0 Å². The number of hydrogen-bond acceptors (Lipinski definition) is 4. The van der Waals surface area contributed by atoms with E-state index in [1.807, 2.05) is 0 Å². The molecule has 0 aromatic heterocycles. The van der Waals surface area contributed by atoms with Crippen LogP contribution in [0.4, 0.5) is 0 Å². The number of carbonyl (C=O) groups is 3. The van der Waals surface area contributed by atoms with Gasteiger partial charge in [-0.05, 0) is 52.9 Å². The molecule has 5 heteroatoms. The number of hydrogen-bond donors (Lipinski definition) is 2. The Morgan fingerprint density at radius 3 is 2.17 bits per heavy atom. The van der Waals surface area contributed by atoms with Gasteiger partial charge in [-0.25, -0.2) is 0 Å². The van der Waals surface area contributed by atoms with Crippen LogP contribution in [-0.4, -0.2) is 34.7 Å². The van der Waals surface area contributed by atoms with Crippen LogP contribution in [0.15, 0.2) is 22.3 Å². The highest BCUT2D eigenvalue weighted by Gasteiger charge is 2.33. The first-order valence-corrected chi connectivity index (χ1v) is 8.46. The van der Waals surface area contributed by atoms with E-state index in [1.165, 1.54) is 6.92 Å². The molecular weight excluding hydrogens is 306 g/mol. The fraction of sp³-hybridized carbons (Fsp3) is 0.632. The van der Waals surface area contributed by atoms with Crippen molar-refractivity contribution in [1.82, 2.24) is 5.32 Å². The second-order valence-electron chi connectivity index (χ2n) is 7.22. The van der Waals surface area contributed by atoms with Gasteiger partial charge in [-0.15, -0.1) is 0 Å². The van der Waals surface area contributed by atoms with E-state index in [2.05, 4.69) is 19.2 Å². The predicted octanol–water partition coefficient (Wildman–Crippen LogP) is 2.48. The van der Waals surface area contributed by atoms with E-state index in [1.54, 1.807) is 20.8 Å². The molecule has 24 heavy (non-hydrogen) atoms. The highest BCUT2D eigenvalue weighted by Crippen LogP contribution is 2.28. The third kappa shape index (κ3) is 4.63. The van der Waals surface area contributed by atoms with Crippen molar-refractivity contribution < 1.29 is 19.5 Å². The molecule has 0 aromatic rings. The van der Waals surface area contributed by atoms with Crippen molar-refractivity contribution >= 4 is 17.5 Å². The second-order valence-corrected chi connectivity index (χ2v) is 7.22. The van der Waals surface area contributed by atoms with Gasteiger partial charge in [0.15, 0.2) is 11.6 Å². The van der Waals surface area contributed by atoms with Crippen molar-refractivity contribution in [2.75, 3.05) is 6.54 Å². The molecule has 1 amide bonds. The van der Waals surface area contributed by atoms with Crippen LogP contribution in [0.3, 0.4) is 0 Å². The van der Waals surface area contributed by atoms with Gasteiger partial charge in [-0.2, -0.15) is 0 Å². The Hall–Kier alpha value is -1.75. The smallest absolute Gasteiger partial charge is 0.251 e. The molecule has 2 N–H and O–H groups in total. The Kier molecular flexibility index (Phi) is 6.67. The number of carbonyl (C=O) groups excluding carboxylic acids is 3. The molecule has 1 unspecified atom stereocenters. The van der Waals surface area contributed by atoms with Gasteiger partial charge in [0.2, 0.25) is 0 Å². The first-order chi connectivity index (χ1) is 11.0. The Labute approximate surface area is 144 Å². The third-order valence-corrected chi connectivity index (χ3v) is 4.67. The van der Waals surface area contributed by atoms with Gasteiger partial charge in [0, 0.05) is 28.8 Å². The standard InChI is InChI=1S/C19H29NO4/c1-11(2)8-10-20-18(23)19(6,24)9-7-15-14(5)16(21)12(3)13(4)17(15)22/h11,24H,7-10H2,1-6H3,(H,20,23). The monoisotopic (exact) mass is 335 g/mol. The van der Waals surface area contributed by atoms with Gasteiger partial charge in [0.05, 0.1) is 0 Å². The van der Waals surface area contributed by atoms with Crippen LogP contribution in [0.25, 0.3) is 0 Å². The van der Waals surface area contributed by atoms with E-state index in [9.17, 15) is 19.5 Å². The number of nitrogens with one attached hydrogen (secondary N) is 1. The van der Waals surface area contributed by atoms with Crippen LogP contribution >= 0.6 is 0 Å². The maximum Gasteiger partial charge on any atom is 0.251 e. The molecule has 0 bridgehead atoms. The van der Waals surface area contributed by atoms with Crippen molar-refractivity contribution in [3.8, 4) is 0 Å². The topological polar surface area (TPSA) is 83.5 Å². The van der Waals surface area contributed by atoms with Crippen LogP contribution in [0.2, 0.25) is 0 Å². The molecule has 1 aliphatic rings. The summed E-state index contributed by atoms with van der Waals surface area (Å²) in [5.74, 6) is -0.282. The molecule has 5 nitrogen and oxygen atoms in total. The molecule has 1 aliphatic carbocycles. The van der Waals surface area contributed by atoms with E-state index < -0.39 is 11.5 Å². The number of aliphatic hydroxyl groups is 1. The Balaban J connectivity index is 2.75. The minimum Gasteiger partial charge on any atom is -0.380 e. The van der Waals surface area contributed by atoms with Crippen molar-refractivity contribution in [2.24, 2.45) is 5.92 Å². The van der Waals surface area contributed by atoms with Crippen LogP contribution in [0.1, 0.15) is 60.8 Å². The molecule has 0 saturated heterocycles. The summed E-state index contributed by atoms with van der Waals surface area (Å²) in [4.78, 5) is 36.6. The zero-order chi connectivity index (χ0) is 18.7.